The predicted molar refractivity (Wildman–Crippen MR) is 136 cm³/mol. The average Bonchev–Trinajstić information content (AvgIpc) is 3.24. The number of hydrogen-bond donors (Lipinski definition) is 0. The third-order valence-corrected chi connectivity index (χ3v) is 6.64. The summed E-state index contributed by atoms with van der Waals surface area (Å²) >= 11 is 0. The summed E-state index contributed by atoms with van der Waals surface area (Å²) < 4.78 is 41.9. The monoisotopic (exact) mass is 505 g/mol. The van der Waals surface area contributed by atoms with E-state index in [9.17, 15) is 9.18 Å². The van der Waals surface area contributed by atoms with Crippen LogP contribution in [0.2, 0.25) is 0 Å². The third kappa shape index (κ3) is 4.60. The highest BCUT2D eigenvalue weighted by Gasteiger charge is 2.35. The molecule has 0 atom stereocenters. The Morgan fingerprint density at radius 2 is 1.78 bits per heavy atom. The summed E-state index contributed by atoms with van der Waals surface area (Å²) in [5.41, 5.74) is 3.83. The van der Waals surface area contributed by atoms with Gasteiger partial charge in [0.05, 0.1) is 32.5 Å². The first kappa shape index (κ1) is 24.6. The molecule has 192 valence electrons. The smallest absolute Gasteiger partial charge is 0.232 e. The van der Waals surface area contributed by atoms with E-state index in [2.05, 4.69) is 4.90 Å². The molecule has 0 bridgehead atoms. The van der Waals surface area contributed by atoms with Crippen molar-refractivity contribution >= 4 is 11.9 Å². The van der Waals surface area contributed by atoms with Gasteiger partial charge in [-0.15, -0.1) is 0 Å². The quantitative estimate of drug-likeness (QED) is 0.411. The normalized spacial score (nSPS) is 15.6. The van der Waals surface area contributed by atoms with Crippen LogP contribution in [0.1, 0.15) is 32.6 Å². The zero-order chi connectivity index (χ0) is 26.1. The Hall–Kier alpha value is -4.04. The Morgan fingerprint density at radius 3 is 2.49 bits per heavy atom. The highest BCUT2D eigenvalue weighted by molar-refractivity contribution is 6.16. The first-order valence-corrected chi connectivity index (χ1v) is 11.9. The van der Waals surface area contributed by atoms with Crippen LogP contribution >= 0.6 is 0 Å². The van der Waals surface area contributed by atoms with Crippen molar-refractivity contribution in [3.8, 4) is 28.7 Å². The number of aryl methyl sites for hydroxylation is 1. The van der Waals surface area contributed by atoms with Gasteiger partial charge in [-0.25, -0.2) is 4.39 Å². The molecule has 2 heterocycles. The van der Waals surface area contributed by atoms with Gasteiger partial charge >= 0.3 is 0 Å². The molecular formula is C29H28FNO6. The molecular weight excluding hydrogens is 477 g/mol. The second-order valence-electron chi connectivity index (χ2n) is 8.94. The molecule has 2 aliphatic heterocycles. The maximum Gasteiger partial charge on any atom is 0.232 e. The second-order valence-corrected chi connectivity index (χ2v) is 8.94. The zero-order valence-electron chi connectivity index (χ0n) is 21.2. The second kappa shape index (κ2) is 10.1. The van der Waals surface area contributed by atoms with Gasteiger partial charge in [-0.3, -0.25) is 9.69 Å². The number of ketones is 1. The minimum Gasteiger partial charge on any atom is -0.493 e. The van der Waals surface area contributed by atoms with E-state index >= 15 is 0 Å². The minimum atomic E-state index is -0.249. The summed E-state index contributed by atoms with van der Waals surface area (Å²) in [4.78, 5) is 15.6. The minimum absolute atomic E-state index is 0.195. The number of methoxy groups -OCH3 is 3. The maximum absolute atomic E-state index is 13.4. The molecule has 0 unspecified atom stereocenters. The van der Waals surface area contributed by atoms with Crippen molar-refractivity contribution in [3.05, 3.63) is 81.9 Å². The fourth-order valence-corrected chi connectivity index (χ4v) is 4.74. The van der Waals surface area contributed by atoms with Crippen LogP contribution in [0.3, 0.4) is 0 Å². The zero-order valence-corrected chi connectivity index (χ0v) is 21.2. The van der Waals surface area contributed by atoms with Crippen LogP contribution in [0.5, 0.6) is 28.7 Å². The molecule has 0 saturated carbocycles. The number of carbonyl (C=O) groups excluding carboxylic acids is 1. The van der Waals surface area contributed by atoms with Gasteiger partial charge in [0.1, 0.15) is 24.0 Å². The maximum atomic E-state index is 13.4. The molecule has 0 fully saturated rings. The number of Topliss-reactive ketones (excluding diaryl/α,β-unsaturated/α-hetero) is 1. The third-order valence-electron chi connectivity index (χ3n) is 6.64. The summed E-state index contributed by atoms with van der Waals surface area (Å²) in [6.45, 7) is 3.59. The van der Waals surface area contributed by atoms with E-state index in [0.29, 0.717) is 59.7 Å². The van der Waals surface area contributed by atoms with E-state index in [1.54, 1.807) is 37.5 Å². The Kier molecular flexibility index (Phi) is 6.76. The largest absolute Gasteiger partial charge is 0.493 e. The lowest BCUT2D eigenvalue weighted by molar-refractivity contribution is 0.0949. The molecule has 37 heavy (non-hydrogen) atoms. The number of allylic oxidation sites excluding steroid dienone is 1. The number of benzene rings is 3. The summed E-state index contributed by atoms with van der Waals surface area (Å²) in [6.07, 6.45) is 2.40. The Bertz CT molecular complexity index is 1380. The SMILES string of the molecule is COc1ccc(/C=C2/Oc3c4c(cc(C)c3C2=O)OCN(CCc2ccc(F)cc2)C4)c(OC)c1OC. The van der Waals surface area contributed by atoms with Crippen molar-refractivity contribution in [2.45, 2.75) is 19.9 Å². The first-order valence-electron chi connectivity index (χ1n) is 11.9. The summed E-state index contributed by atoms with van der Waals surface area (Å²) in [7, 11) is 4.61. The fourth-order valence-electron chi connectivity index (χ4n) is 4.74. The van der Waals surface area contributed by atoms with Gasteiger partial charge in [0, 0.05) is 18.7 Å². The lowest BCUT2D eigenvalue weighted by atomic mass is 9.98. The molecule has 0 radical (unpaired) electrons. The van der Waals surface area contributed by atoms with E-state index in [1.807, 2.05) is 13.0 Å². The Balaban J connectivity index is 1.43. The molecule has 8 heteroatoms. The van der Waals surface area contributed by atoms with E-state index in [4.69, 9.17) is 23.7 Å². The topological polar surface area (TPSA) is 66.5 Å². The van der Waals surface area contributed by atoms with Crippen molar-refractivity contribution in [3.63, 3.8) is 0 Å². The van der Waals surface area contributed by atoms with E-state index in [1.165, 1.54) is 26.4 Å². The van der Waals surface area contributed by atoms with Crippen molar-refractivity contribution in [2.75, 3.05) is 34.6 Å². The highest BCUT2D eigenvalue weighted by atomic mass is 19.1. The van der Waals surface area contributed by atoms with Gasteiger partial charge in [0.25, 0.3) is 0 Å². The number of carbonyl (C=O) groups is 1. The van der Waals surface area contributed by atoms with Crippen LogP contribution in [-0.2, 0) is 13.0 Å². The standard InChI is InChI=1S/C29H28FNO6/c1-17-13-23-21(15-31(16-36-23)12-11-18-5-8-20(30)9-6-18)28-25(17)26(32)24(37-28)14-19-7-10-22(33-2)29(35-4)27(19)34-3/h5-10,13-14H,11-12,15-16H2,1-4H3/b24-14+. The van der Waals surface area contributed by atoms with Crippen molar-refractivity contribution in [1.29, 1.82) is 0 Å². The van der Waals surface area contributed by atoms with Crippen molar-refractivity contribution in [1.82, 2.24) is 4.90 Å². The van der Waals surface area contributed by atoms with Crippen LogP contribution in [-0.4, -0.2) is 45.3 Å². The summed E-state index contributed by atoms with van der Waals surface area (Å²) in [6, 6.07) is 11.9. The van der Waals surface area contributed by atoms with Crippen LogP contribution in [0, 0.1) is 12.7 Å². The number of rotatable bonds is 7. The summed E-state index contributed by atoms with van der Waals surface area (Å²) in [5.74, 6) is 2.38. The highest BCUT2D eigenvalue weighted by Crippen LogP contribution is 2.45. The molecule has 0 aromatic heterocycles. The molecule has 0 N–H and O–H groups in total. The molecule has 0 spiro atoms. The molecule has 0 saturated heterocycles. The number of nitrogens with zero attached hydrogens (tertiary/aromatic N) is 1. The average molecular weight is 506 g/mol. The molecule has 3 aromatic carbocycles. The summed E-state index contributed by atoms with van der Waals surface area (Å²) in [5, 5.41) is 0. The van der Waals surface area contributed by atoms with Crippen LogP contribution in [0.15, 0.2) is 48.2 Å². The number of hydrogen-bond acceptors (Lipinski definition) is 7. The van der Waals surface area contributed by atoms with Crippen LogP contribution in [0.4, 0.5) is 4.39 Å². The lowest BCUT2D eigenvalue weighted by Gasteiger charge is -2.30. The Morgan fingerprint density at radius 1 is 1.03 bits per heavy atom. The lowest BCUT2D eigenvalue weighted by Crippen LogP contribution is -2.33. The molecule has 2 aliphatic rings. The van der Waals surface area contributed by atoms with Gasteiger partial charge in [0.2, 0.25) is 11.5 Å². The van der Waals surface area contributed by atoms with Gasteiger partial charge in [-0.05, 0) is 60.9 Å². The van der Waals surface area contributed by atoms with Gasteiger partial charge in [0.15, 0.2) is 17.3 Å². The Labute approximate surface area is 215 Å². The fraction of sp³-hybridized carbons (Fsp3) is 0.276. The molecule has 7 nitrogen and oxygen atoms in total. The van der Waals surface area contributed by atoms with Gasteiger partial charge in [-0.1, -0.05) is 12.1 Å². The number of ether oxygens (including phenoxy) is 5. The number of halogens is 1. The molecule has 0 amide bonds. The first-order chi connectivity index (χ1) is 17.9. The molecule has 5 rings (SSSR count). The number of fused-ring (bicyclic) bond motifs is 3. The van der Waals surface area contributed by atoms with Crippen molar-refractivity contribution in [2.24, 2.45) is 0 Å². The van der Waals surface area contributed by atoms with Gasteiger partial charge in [-0.2, -0.15) is 0 Å². The molecule has 0 aliphatic carbocycles. The molecule has 3 aromatic rings. The van der Waals surface area contributed by atoms with E-state index in [0.717, 1.165) is 23.1 Å². The predicted octanol–water partition coefficient (Wildman–Crippen LogP) is 5.17. The van der Waals surface area contributed by atoms with E-state index in [-0.39, 0.29) is 17.4 Å². The van der Waals surface area contributed by atoms with E-state index < -0.39 is 0 Å². The van der Waals surface area contributed by atoms with Gasteiger partial charge < -0.3 is 23.7 Å². The van der Waals surface area contributed by atoms with Crippen LogP contribution < -0.4 is 23.7 Å². The van der Waals surface area contributed by atoms with Crippen molar-refractivity contribution < 1.29 is 32.9 Å². The van der Waals surface area contributed by atoms with Crippen LogP contribution in [0.25, 0.3) is 6.08 Å².